The lowest BCUT2D eigenvalue weighted by Gasteiger charge is -2.09. The maximum Gasteiger partial charge on any atom is 0.141 e. The van der Waals surface area contributed by atoms with Crippen molar-refractivity contribution in [1.29, 1.82) is 0 Å². The van der Waals surface area contributed by atoms with Gasteiger partial charge in [0.15, 0.2) is 0 Å². The first kappa shape index (κ1) is 13.9. The van der Waals surface area contributed by atoms with Crippen LogP contribution in [0.5, 0.6) is 5.75 Å². The molecule has 1 heterocycles. The fourth-order valence-corrected chi connectivity index (χ4v) is 1.94. The second-order valence-electron chi connectivity index (χ2n) is 3.74. The SMILES string of the molecule is NC(=S)c1ncccc1COc1ccc(Br)c(F)c1. The van der Waals surface area contributed by atoms with Crippen molar-refractivity contribution in [2.45, 2.75) is 6.61 Å². The zero-order valence-corrected chi connectivity index (χ0v) is 12.2. The van der Waals surface area contributed by atoms with Crippen LogP contribution in [0.15, 0.2) is 41.0 Å². The van der Waals surface area contributed by atoms with Gasteiger partial charge in [-0.05, 0) is 34.1 Å². The Labute approximate surface area is 123 Å². The summed E-state index contributed by atoms with van der Waals surface area (Å²) in [5, 5.41) is 0. The van der Waals surface area contributed by atoms with Crippen LogP contribution in [-0.4, -0.2) is 9.97 Å². The number of benzene rings is 1. The molecule has 0 unspecified atom stereocenters. The normalized spacial score (nSPS) is 10.2. The lowest BCUT2D eigenvalue weighted by atomic mass is 10.2. The summed E-state index contributed by atoms with van der Waals surface area (Å²) >= 11 is 7.99. The van der Waals surface area contributed by atoms with Gasteiger partial charge in [0.25, 0.3) is 0 Å². The van der Waals surface area contributed by atoms with Crippen molar-refractivity contribution in [2.24, 2.45) is 5.73 Å². The third-order valence-electron chi connectivity index (χ3n) is 2.41. The van der Waals surface area contributed by atoms with E-state index in [2.05, 4.69) is 20.9 Å². The van der Waals surface area contributed by atoms with Crippen LogP contribution in [0.1, 0.15) is 11.3 Å². The summed E-state index contributed by atoms with van der Waals surface area (Å²) < 4.78 is 19.2. The van der Waals surface area contributed by atoms with Crippen LogP contribution in [0, 0.1) is 5.82 Å². The second kappa shape index (κ2) is 6.08. The second-order valence-corrected chi connectivity index (χ2v) is 5.03. The van der Waals surface area contributed by atoms with E-state index >= 15 is 0 Å². The van der Waals surface area contributed by atoms with E-state index in [1.54, 1.807) is 24.4 Å². The fourth-order valence-electron chi connectivity index (χ4n) is 1.50. The summed E-state index contributed by atoms with van der Waals surface area (Å²) in [4.78, 5) is 4.30. The third-order valence-corrected chi connectivity index (χ3v) is 3.25. The zero-order valence-electron chi connectivity index (χ0n) is 9.77. The molecule has 2 aromatic rings. The molecular formula is C13H10BrFN2OS. The minimum absolute atomic E-state index is 0.209. The molecule has 0 fully saturated rings. The van der Waals surface area contributed by atoms with E-state index in [4.69, 9.17) is 22.7 Å². The molecule has 0 amide bonds. The van der Waals surface area contributed by atoms with E-state index in [1.165, 1.54) is 6.07 Å². The predicted molar refractivity (Wildman–Crippen MR) is 78.6 cm³/mol. The van der Waals surface area contributed by atoms with Crippen molar-refractivity contribution in [2.75, 3.05) is 0 Å². The minimum atomic E-state index is -0.377. The molecule has 0 spiro atoms. The lowest BCUT2D eigenvalue weighted by Crippen LogP contribution is -2.15. The van der Waals surface area contributed by atoms with Crippen LogP contribution in [0.25, 0.3) is 0 Å². The Hall–Kier alpha value is -1.53. The lowest BCUT2D eigenvalue weighted by molar-refractivity contribution is 0.304. The summed E-state index contributed by atoms with van der Waals surface area (Å²) in [5.74, 6) is 0.0525. The molecular weight excluding hydrogens is 331 g/mol. The maximum atomic E-state index is 13.3. The molecule has 19 heavy (non-hydrogen) atoms. The summed E-state index contributed by atoms with van der Waals surface area (Å²) in [6, 6.07) is 8.15. The standard InChI is InChI=1S/C13H10BrFN2OS/c14-10-4-3-9(6-11(10)15)18-7-8-2-1-5-17-12(8)13(16)19/h1-6H,7H2,(H2,16,19). The third kappa shape index (κ3) is 3.48. The van der Waals surface area contributed by atoms with Crippen LogP contribution in [-0.2, 0) is 6.61 Å². The number of thiocarbonyl (C=S) groups is 1. The van der Waals surface area contributed by atoms with Crippen LogP contribution < -0.4 is 10.5 Å². The van der Waals surface area contributed by atoms with Gasteiger partial charge in [-0.15, -0.1) is 0 Å². The number of nitrogens with two attached hydrogens (primary N) is 1. The molecule has 0 atom stereocenters. The van der Waals surface area contributed by atoms with Crippen LogP contribution >= 0.6 is 28.1 Å². The summed E-state index contributed by atoms with van der Waals surface area (Å²) in [5.41, 5.74) is 6.86. The Morgan fingerprint density at radius 1 is 1.42 bits per heavy atom. The van der Waals surface area contributed by atoms with Gasteiger partial charge >= 0.3 is 0 Å². The van der Waals surface area contributed by atoms with Crippen molar-refractivity contribution in [1.82, 2.24) is 4.98 Å². The van der Waals surface area contributed by atoms with Crippen LogP contribution in [0.2, 0.25) is 0 Å². The van der Waals surface area contributed by atoms with E-state index in [0.717, 1.165) is 5.56 Å². The predicted octanol–water partition coefficient (Wildman–Crippen LogP) is 3.20. The van der Waals surface area contributed by atoms with Crippen LogP contribution in [0.4, 0.5) is 4.39 Å². The zero-order chi connectivity index (χ0) is 13.8. The molecule has 98 valence electrons. The summed E-state index contributed by atoms with van der Waals surface area (Å²) in [7, 11) is 0. The van der Waals surface area contributed by atoms with Gasteiger partial charge in [0, 0.05) is 17.8 Å². The van der Waals surface area contributed by atoms with Gasteiger partial charge in [-0.3, -0.25) is 4.98 Å². The molecule has 0 aliphatic heterocycles. The minimum Gasteiger partial charge on any atom is -0.489 e. The highest BCUT2D eigenvalue weighted by atomic mass is 79.9. The largest absolute Gasteiger partial charge is 0.489 e. The van der Waals surface area contributed by atoms with Gasteiger partial charge in [0.1, 0.15) is 28.9 Å². The highest BCUT2D eigenvalue weighted by molar-refractivity contribution is 9.10. The van der Waals surface area contributed by atoms with E-state index in [0.29, 0.717) is 15.9 Å². The van der Waals surface area contributed by atoms with Crippen molar-refractivity contribution >= 4 is 33.1 Å². The van der Waals surface area contributed by atoms with Crippen molar-refractivity contribution in [3.8, 4) is 5.75 Å². The molecule has 0 saturated heterocycles. The molecule has 2 N–H and O–H groups in total. The monoisotopic (exact) mass is 340 g/mol. The highest BCUT2D eigenvalue weighted by Gasteiger charge is 2.07. The molecule has 0 aliphatic carbocycles. The molecule has 2 rings (SSSR count). The van der Waals surface area contributed by atoms with Crippen LogP contribution in [0.3, 0.4) is 0 Å². The Morgan fingerprint density at radius 2 is 2.21 bits per heavy atom. The Balaban J connectivity index is 2.14. The maximum absolute atomic E-state index is 13.3. The average molecular weight is 341 g/mol. The van der Waals surface area contributed by atoms with E-state index < -0.39 is 0 Å². The molecule has 0 bridgehead atoms. The number of hydrogen-bond donors (Lipinski definition) is 1. The van der Waals surface area contributed by atoms with E-state index in [-0.39, 0.29) is 17.4 Å². The Kier molecular flexibility index (Phi) is 4.44. The average Bonchev–Trinajstić information content (AvgIpc) is 2.40. The first-order valence-corrected chi connectivity index (χ1v) is 6.59. The Bertz CT molecular complexity index is 621. The quantitative estimate of drug-likeness (QED) is 0.868. The fraction of sp³-hybridized carbons (Fsp3) is 0.0769. The number of nitrogens with zero attached hydrogens (tertiary/aromatic N) is 1. The molecule has 6 heteroatoms. The first-order chi connectivity index (χ1) is 9.08. The van der Waals surface area contributed by atoms with Gasteiger partial charge < -0.3 is 10.5 Å². The first-order valence-electron chi connectivity index (χ1n) is 5.39. The molecule has 0 radical (unpaired) electrons. The molecule has 1 aromatic heterocycles. The summed E-state index contributed by atoms with van der Waals surface area (Å²) in [6.07, 6.45) is 1.61. The van der Waals surface area contributed by atoms with Gasteiger partial charge in [-0.2, -0.15) is 0 Å². The summed E-state index contributed by atoms with van der Waals surface area (Å²) in [6.45, 7) is 0.224. The smallest absolute Gasteiger partial charge is 0.141 e. The van der Waals surface area contributed by atoms with E-state index in [1.807, 2.05) is 6.07 Å². The highest BCUT2D eigenvalue weighted by Crippen LogP contribution is 2.22. The van der Waals surface area contributed by atoms with Crippen molar-refractivity contribution < 1.29 is 9.13 Å². The number of ether oxygens (including phenoxy) is 1. The number of hydrogen-bond acceptors (Lipinski definition) is 3. The number of pyridine rings is 1. The van der Waals surface area contributed by atoms with Crippen molar-refractivity contribution in [3.63, 3.8) is 0 Å². The topological polar surface area (TPSA) is 48.1 Å². The van der Waals surface area contributed by atoms with Gasteiger partial charge in [-0.25, -0.2) is 4.39 Å². The Morgan fingerprint density at radius 3 is 2.89 bits per heavy atom. The van der Waals surface area contributed by atoms with E-state index in [9.17, 15) is 4.39 Å². The van der Waals surface area contributed by atoms with Crippen molar-refractivity contribution in [3.05, 3.63) is 58.1 Å². The number of aromatic nitrogens is 1. The number of rotatable bonds is 4. The molecule has 0 aliphatic rings. The molecule has 3 nitrogen and oxygen atoms in total. The molecule has 1 aromatic carbocycles. The van der Waals surface area contributed by atoms with Gasteiger partial charge in [-0.1, -0.05) is 18.3 Å². The van der Waals surface area contributed by atoms with Gasteiger partial charge in [0.2, 0.25) is 0 Å². The van der Waals surface area contributed by atoms with Gasteiger partial charge in [0.05, 0.1) is 4.47 Å². The number of halogens is 2. The molecule has 0 saturated carbocycles.